The van der Waals surface area contributed by atoms with Crippen LogP contribution in [0.5, 0.6) is 0 Å². The summed E-state index contributed by atoms with van der Waals surface area (Å²) in [6.07, 6.45) is -0.362. The lowest BCUT2D eigenvalue weighted by Gasteiger charge is -2.50. The molecule has 2 unspecified atom stereocenters. The Balaban J connectivity index is 1.96. The van der Waals surface area contributed by atoms with Gasteiger partial charge < -0.3 is 25.2 Å². The molecule has 10 nitrogen and oxygen atoms in total. The lowest BCUT2D eigenvalue weighted by atomic mass is 9.87. The van der Waals surface area contributed by atoms with Crippen LogP contribution in [0, 0.1) is 5.82 Å². The number of nitrogens with zero attached hydrogens (tertiary/aromatic N) is 2. The van der Waals surface area contributed by atoms with Crippen molar-refractivity contribution >= 4 is 75.5 Å². The number of nitrogens with one attached hydrogen (secondary N) is 2. The molecule has 1 aliphatic heterocycles. The van der Waals surface area contributed by atoms with E-state index >= 15 is 0 Å². The first-order chi connectivity index (χ1) is 19.5. The fourth-order valence-electron chi connectivity index (χ4n) is 4.85. The Hall–Kier alpha value is -3.22. The number of urea groups is 1. The zero-order valence-electron chi connectivity index (χ0n) is 24.3. The maximum absolute atomic E-state index is 13.9. The molecule has 3 rings (SSSR count). The number of thiophene rings is 1. The third-order valence-electron chi connectivity index (χ3n) is 6.98. The van der Waals surface area contributed by atoms with Crippen LogP contribution < -0.4 is 10.6 Å². The fourth-order valence-corrected chi connectivity index (χ4v) is 6.38. The fraction of sp³-hybridized carbons (Fsp3) is 0.464. The van der Waals surface area contributed by atoms with Gasteiger partial charge in [0.25, 0.3) is 0 Å². The van der Waals surface area contributed by atoms with E-state index in [-0.39, 0.29) is 40.1 Å². The second kappa shape index (κ2) is 12.6. The second-order valence-corrected chi connectivity index (χ2v) is 12.8. The Morgan fingerprint density at radius 2 is 1.76 bits per heavy atom. The first-order valence-electron chi connectivity index (χ1n) is 13.0. The first kappa shape index (κ1) is 33.3. The molecule has 1 aromatic carbocycles. The molecule has 4 amide bonds. The number of piperazine rings is 1. The highest BCUT2D eigenvalue weighted by Crippen LogP contribution is 2.40. The molecule has 2 atom stereocenters. The van der Waals surface area contributed by atoms with Crippen LogP contribution in [-0.4, -0.2) is 71.2 Å². The van der Waals surface area contributed by atoms with E-state index in [1.165, 1.54) is 42.9 Å². The molecule has 1 saturated heterocycles. The normalized spacial score (nSPS) is 19.0. The third-order valence-corrected chi connectivity index (χ3v) is 9.41. The van der Waals surface area contributed by atoms with Crippen LogP contribution in [-0.2, 0) is 24.5 Å². The minimum absolute atomic E-state index is 0.0861. The molecule has 1 fully saturated rings. The van der Waals surface area contributed by atoms with Crippen molar-refractivity contribution in [2.24, 2.45) is 0 Å². The Labute approximate surface area is 257 Å². The Bertz CT molecular complexity index is 1440. The number of amides is 4. The van der Waals surface area contributed by atoms with E-state index in [4.69, 9.17) is 27.9 Å². The van der Waals surface area contributed by atoms with Gasteiger partial charge in [-0.3, -0.25) is 19.2 Å². The largest absolute Gasteiger partial charge is 0.469 e. The van der Waals surface area contributed by atoms with Crippen molar-refractivity contribution in [3.8, 4) is 0 Å². The van der Waals surface area contributed by atoms with Crippen LogP contribution in [0.1, 0.15) is 62.5 Å². The van der Waals surface area contributed by atoms with E-state index in [0.29, 0.717) is 10.6 Å². The second-order valence-electron chi connectivity index (χ2n) is 11.0. The van der Waals surface area contributed by atoms with Crippen LogP contribution in [0.15, 0.2) is 18.2 Å². The van der Waals surface area contributed by atoms with Crippen molar-refractivity contribution < 1.29 is 33.1 Å². The van der Waals surface area contributed by atoms with Crippen molar-refractivity contribution in [2.45, 2.75) is 65.0 Å². The van der Waals surface area contributed by atoms with Crippen LogP contribution in [0.2, 0.25) is 10.0 Å². The van der Waals surface area contributed by atoms with E-state index in [0.717, 1.165) is 17.4 Å². The van der Waals surface area contributed by atoms with Gasteiger partial charge in [-0.05, 0) is 37.5 Å². The van der Waals surface area contributed by atoms with Gasteiger partial charge in [-0.2, -0.15) is 0 Å². The number of likely N-dealkylation sites (N-methyl/N-ethyl adjacent to an activating group) is 1. The predicted molar refractivity (Wildman–Crippen MR) is 160 cm³/mol. The molecule has 2 N–H and O–H groups in total. The molecular formula is C28H33Cl2FN4O6S. The SMILES string of the molecule is CCN1C(=O)C(C)(CC(=O)OC)N(C(C)=O)CC1C(=O)c1cc(NC(=O)Nc2ccc(F)c(Cl)c2Cl)c(C(C)(C)C)s1. The first-order valence-corrected chi connectivity index (χ1v) is 14.6. The number of methoxy groups -OCH3 is 1. The molecule has 0 spiro atoms. The molecule has 1 aliphatic rings. The van der Waals surface area contributed by atoms with Crippen LogP contribution in [0.3, 0.4) is 0 Å². The van der Waals surface area contributed by atoms with Gasteiger partial charge in [-0.25, -0.2) is 9.18 Å². The lowest BCUT2D eigenvalue weighted by Crippen LogP contribution is -2.70. The van der Waals surface area contributed by atoms with Crippen molar-refractivity contribution in [3.05, 3.63) is 43.8 Å². The van der Waals surface area contributed by atoms with Crippen molar-refractivity contribution in [1.29, 1.82) is 0 Å². The smallest absolute Gasteiger partial charge is 0.323 e. The van der Waals surface area contributed by atoms with Gasteiger partial charge in [0.1, 0.15) is 17.4 Å². The molecule has 1 aromatic heterocycles. The zero-order valence-corrected chi connectivity index (χ0v) is 26.6. The molecule has 228 valence electrons. The Morgan fingerprint density at radius 1 is 1.14 bits per heavy atom. The summed E-state index contributed by atoms with van der Waals surface area (Å²) < 4.78 is 18.4. The van der Waals surface area contributed by atoms with Gasteiger partial charge in [-0.15, -0.1) is 11.3 Å². The highest BCUT2D eigenvalue weighted by atomic mass is 35.5. The summed E-state index contributed by atoms with van der Waals surface area (Å²) in [5.74, 6) is -2.84. The number of carbonyl (C=O) groups excluding carboxylic acids is 5. The summed E-state index contributed by atoms with van der Waals surface area (Å²) >= 11 is 13.1. The summed E-state index contributed by atoms with van der Waals surface area (Å²) in [5.41, 5.74) is -1.59. The van der Waals surface area contributed by atoms with E-state index in [1.54, 1.807) is 6.92 Å². The number of hydrogen-bond donors (Lipinski definition) is 2. The maximum Gasteiger partial charge on any atom is 0.323 e. The van der Waals surface area contributed by atoms with E-state index < -0.39 is 52.4 Å². The molecule has 0 bridgehead atoms. The summed E-state index contributed by atoms with van der Waals surface area (Å²) in [6, 6.07) is 2.13. The zero-order chi connectivity index (χ0) is 31.7. The average molecular weight is 644 g/mol. The Morgan fingerprint density at radius 3 is 2.31 bits per heavy atom. The minimum Gasteiger partial charge on any atom is -0.469 e. The van der Waals surface area contributed by atoms with Gasteiger partial charge in [0.05, 0.1) is 39.8 Å². The third kappa shape index (κ3) is 6.55. The van der Waals surface area contributed by atoms with Gasteiger partial charge in [0.15, 0.2) is 5.78 Å². The molecule has 0 aliphatic carbocycles. The van der Waals surface area contributed by atoms with E-state index in [1.807, 2.05) is 20.8 Å². The number of benzene rings is 1. The number of halogens is 3. The highest BCUT2D eigenvalue weighted by Gasteiger charge is 2.53. The van der Waals surface area contributed by atoms with Crippen molar-refractivity contribution in [2.75, 3.05) is 30.8 Å². The quantitative estimate of drug-likeness (QED) is 0.226. The summed E-state index contributed by atoms with van der Waals surface area (Å²) in [5, 5.41) is 4.75. The predicted octanol–water partition coefficient (Wildman–Crippen LogP) is 5.72. The van der Waals surface area contributed by atoms with Crippen LogP contribution >= 0.6 is 34.5 Å². The monoisotopic (exact) mass is 642 g/mol. The number of ketones is 1. The van der Waals surface area contributed by atoms with E-state index in [9.17, 15) is 28.4 Å². The summed E-state index contributed by atoms with van der Waals surface area (Å²) in [4.78, 5) is 68.9. The lowest BCUT2D eigenvalue weighted by molar-refractivity contribution is -0.166. The number of esters is 1. The topological polar surface area (TPSA) is 125 Å². The number of anilines is 2. The number of hydrogen-bond acceptors (Lipinski definition) is 7. The van der Waals surface area contributed by atoms with Crippen LogP contribution in [0.4, 0.5) is 20.6 Å². The number of carbonyl (C=O) groups is 5. The Kier molecular flexibility index (Phi) is 9.96. The van der Waals surface area contributed by atoms with Gasteiger partial charge in [0, 0.05) is 24.9 Å². The molecule has 0 radical (unpaired) electrons. The highest BCUT2D eigenvalue weighted by molar-refractivity contribution is 7.14. The van der Waals surface area contributed by atoms with Gasteiger partial charge in [0.2, 0.25) is 11.8 Å². The molecule has 2 aromatic rings. The van der Waals surface area contributed by atoms with Gasteiger partial charge in [-0.1, -0.05) is 44.0 Å². The number of Topliss-reactive ketones (excluding diaryl/α,β-unsaturated/α-hetero) is 1. The molecule has 2 heterocycles. The average Bonchev–Trinajstić information content (AvgIpc) is 3.34. The van der Waals surface area contributed by atoms with Crippen LogP contribution in [0.25, 0.3) is 0 Å². The van der Waals surface area contributed by atoms with Gasteiger partial charge >= 0.3 is 12.0 Å². The molecule has 42 heavy (non-hydrogen) atoms. The van der Waals surface area contributed by atoms with E-state index in [2.05, 4.69) is 10.6 Å². The summed E-state index contributed by atoms with van der Waals surface area (Å²) in [7, 11) is 1.19. The molecule has 0 saturated carbocycles. The molecule has 14 heteroatoms. The number of ether oxygens (including phenoxy) is 1. The molecular weight excluding hydrogens is 610 g/mol. The van der Waals surface area contributed by atoms with Crippen molar-refractivity contribution in [3.63, 3.8) is 0 Å². The maximum atomic E-state index is 13.9. The van der Waals surface area contributed by atoms with Crippen molar-refractivity contribution in [1.82, 2.24) is 9.80 Å². The standard InChI is InChI=1S/C28H33Cl2FN4O6S/c1-8-34-18(13-35(14(2)36)28(6,25(34)39)12-20(37)41-7)23(38)19-11-17(24(42-19)27(3,4)5)33-26(40)32-16-10-9-15(31)21(29)22(16)30/h9-11,18H,8,12-13H2,1-7H3,(H2,32,33,40). The summed E-state index contributed by atoms with van der Waals surface area (Å²) in [6.45, 7) is 10.2. The number of rotatable bonds is 7. The minimum atomic E-state index is -1.52.